The highest BCUT2D eigenvalue weighted by atomic mass is 16.5. The molecule has 86 valence electrons. The van der Waals surface area contributed by atoms with Crippen LogP contribution in [0.4, 0.5) is 0 Å². The first-order valence-corrected chi connectivity index (χ1v) is 4.61. The van der Waals surface area contributed by atoms with Gasteiger partial charge in [0.2, 0.25) is 5.91 Å². The Labute approximate surface area is 92.0 Å². The van der Waals surface area contributed by atoms with Crippen molar-refractivity contribution in [2.45, 2.75) is 6.92 Å². The monoisotopic (exact) mass is 224 g/mol. The number of primary amides is 1. The molecule has 1 aromatic heterocycles. The van der Waals surface area contributed by atoms with Crippen LogP contribution in [0, 0.1) is 5.92 Å². The molecule has 1 amide bonds. The first kappa shape index (κ1) is 12.0. The topological polar surface area (TPSA) is 103 Å². The first-order chi connectivity index (χ1) is 7.52. The Kier molecular flexibility index (Phi) is 3.82. The number of aromatic nitrogens is 1. The van der Waals surface area contributed by atoms with E-state index in [0.29, 0.717) is 0 Å². The van der Waals surface area contributed by atoms with Crippen LogP contribution in [-0.4, -0.2) is 28.6 Å². The van der Waals surface area contributed by atoms with Crippen LogP contribution in [0.5, 0.6) is 5.75 Å². The number of ether oxygens (including phenoxy) is 1. The molecule has 1 unspecified atom stereocenters. The van der Waals surface area contributed by atoms with Crippen molar-refractivity contribution in [2.75, 3.05) is 6.61 Å². The maximum atomic E-state index is 10.8. The lowest BCUT2D eigenvalue weighted by atomic mass is 10.2. The minimum atomic E-state index is -1.11. The van der Waals surface area contributed by atoms with Crippen molar-refractivity contribution in [3.63, 3.8) is 0 Å². The molecule has 0 aliphatic rings. The van der Waals surface area contributed by atoms with Gasteiger partial charge in [-0.15, -0.1) is 0 Å². The molecular weight excluding hydrogens is 212 g/mol. The Morgan fingerprint density at radius 3 is 2.88 bits per heavy atom. The fraction of sp³-hybridized carbons (Fsp3) is 0.300. The third-order valence-corrected chi connectivity index (χ3v) is 1.99. The second-order valence-electron chi connectivity index (χ2n) is 3.29. The minimum absolute atomic E-state index is 0.00618. The van der Waals surface area contributed by atoms with Gasteiger partial charge in [-0.1, -0.05) is 6.92 Å². The lowest BCUT2D eigenvalue weighted by molar-refractivity contribution is -0.122. The van der Waals surface area contributed by atoms with Crippen LogP contribution in [-0.2, 0) is 4.79 Å². The summed E-state index contributed by atoms with van der Waals surface area (Å²) in [4.78, 5) is 25.3. The van der Waals surface area contributed by atoms with E-state index in [4.69, 9.17) is 15.6 Å². The van der Waals surface area contributed by atoms with Crippen molar-refractivity contribution in [3.8, 4) is 5.75 Å². The summed E-state index contributed by atoms with van der Waals surface area (Å²) in [7, 11) is 0. The number of nitrogens with two attached hydrogens (primary N) is 1. The highest BCUT2D eigenvalue weighted by Gasteiger charge is 2.14. The number of pyridine rings is 1. The number of carbonyl (C=O) groups excluding carboxylic acids is 1. The van der Waals surface area contributed by atoms with Crippen LogP contribution in [0.3, 0.4) is 0 Å². The summed E-state index contributed by atoms with van der Waals surface area (Å²) in [5, 5.41) is 8.84. The molecule has 0 aromatic carbocycles. The van der Waals surface area contributed by atoms with E-state index in [1.54, 1.807) is 6.92 Å². The third-order valence-electron chi connectivity index (χ3n) is 1.99. The predicted molar refractivity (Wildman–Crippen MR) is 55.0 cm³/mol. The van der Waals surface area contributed by atoms with E-state index in [-0.39, 0.29) is 17.9 Å². The van der Waals surface area contributed by atoms with Gasteiger partial charge in [-0.3, -0.25) is 9.78 Å². The summed E-state index contributed by atoms with van der Waals surface area (Å²) in [6.45, 7) is 1.63. The number of hydrogen-bond acceptors (Lipinski definition) is 4. The van der Waals surface area contributed by atoms with E-state index in [9.17, 15) is 9.59 Å². The number of carboxylic acids is 1. The molecule has 16 heavy (non-hydrogen) atoms. The standard InChI is InChI=1S/C10H12N2O4/c1-6(9(11)13)5-16-8-4-12-3-2-7(8)10(14)15/h2-4,6H,5H2,1H3,(H2,11,13)(H,14,15). The second-order valence-corrected chi connectivity index (χ2v) is 3.29. The average Bonchev–Trinajstić information content (AvgIpc) is 2.25. The summed E-state index contributed by atoms with van der Waals surface area (Å²) in [6.07, 6.45) is 2.64. The van der Waals surface area contributed by atoms with Gasteiger partial charge in [0, 0.05) is 6.20 Å². The van der Waals surface area contributed by atoms with Crippen molar-refractivity contribution in [3.05, 3.63) is 24.0 Å². The van der Waals surface area contributed by atoms with E-state index in [1.807, 2.05) is 0 Å². The Morgan fingerprint density at radius 2 is 2.31 bits per heavy atom. The van der Waals surface area contributed by atoms with Gasteiger partial charge in [-0.05, 0) is 6.07 Å². The average molecular weight is 224 g/mol. The maximum Gasteiger partial charge on any atom is 0.339 e. The molecule has 1 heterocycles. The third kappa shape index (κ3) is 2.94. The van der Waals surface area contributed by atoms with E-state index >= 15 is 0 Å². The van der Waals surface area contributed by atoms with Gasteiger partial charge in [0.05, 0.1) is 18.7 Å². The Balaban J connectivity index is 2.74. The number of carbonyl (C=O) groups is 2. The van der Waals surface area contributed by atoms with Crippen molar-refractivity contribution in [1.82, 2.24) is 4.98 Å². The fourth-order valence-corrected chi connectivity index (χ4v) is 0.969. The van der Waals surface area contributed by atoms with E-state index in [2.05, 4.69) is 4.98 Å². The first-order valence-electron chi connectivity index (χ1n) is 4.61. The van der Waals surface area contributed by atoms with Crippen molar-refractivity contribution < 1.29 is 19.4 Å². The molecule has 0 aliphatic heterocycles. The van der Waals surface area contributed by atoms with Gasteiger partial charge in [0.1, 0.15) is 5.56 Å². The summed E-state index contributed by atoms with van der Waals surface area (Å²) in [6, 6.07) is 1.33. The molecule has 0 fully saturated rings. The van der Waals surface area contributed by atoms with Crippen molar-refractivity contribution >= 4 is 11.9 Å². The van der Waals surface area contributed by atoms with Crippen LogP contribution in [0.25, 0.3) is 0 Å². The molecular formula is C10H12N2O4. The summed E-state index contributed by atoms with van der Waals surface area (Å²) in [5.74, 6) is -1.96. The Hall–Kier alpha value is -2.11. The number of aromatic carboxylic acids is 1. The van der Waals surface area contributed by atoms with Crippen LogP contribution < -0.4 is 10.5 Å². The zero-order valence-corrected chi connectivity index (χ0v) is 8.71. The maximum absolute atomic E-state index is 10.8. The summed E-state index contributed by atoms with van der Waals surface area (Å²) >= 11 is 0. The normalized spacial score (nSPS) is 11.8. The fourth-order valence-electron chi connectivity index (χ4n) is 0.969. The van der Waals surface area contributed by atoms with Crippen LogP contribution in [0.2, 0.25) is 0 Å². The lowest BCUT2D eigenvalue weighted by Gasteiger charge is -2.11. The molecule has 6 nitrogen and oxygen atoms in total. The van der Waals surface area contributed by atoms with Crippen molar-refractivity contribution in [1.29, 1.82) is 0 Å². The van der Waals surface area contributed by atoms with Gasteiger partial charge < -0.3 is 15.6 Å². The molecule has 0 bridgehead atoms. The number of amides is 1. The molecule has 0 saturated heterocycles. The number of rotatable bonds is 5. The van der Waals surface area contributed by atoms with Crippen molar-refractivity contribution in [2.24, 2.45) is 11.7 Å². The lowest BCUT2D eigenvalue weighted by Crippen LogP contribution is -2.26. The zero-order valence-electron chi connectivity index (χ0n) is 8.71. The molecule has 1 aromatic rings. The van der Waals surface area contributed by atoms with E-state index in [0.717, 1.165) is 0 Å². The van der Waals surface area contributed by atoms with Crippen LogP contribution in [0.15, 0.2) is 18.5 Å². The quantitative estimate of drug-likeness (QED) is 0.747. The predicted octanol–water partition coefficient (Wildman–Crippen LogP) is 0.280. The highest BCUT2D eigenvalue weighted by Crippen LogP contribution is 2.16. The summed E-state index contributed by atoms with van der Waals surface area (Å²) in [5.41, 5.74) is 5.05. The van der Waals surface area contributed by atoms with Gasteiger partial charge >= 0.3 is 5.97 Å². The molecule has 1 atom stereocenters. The molecule has 3 N–H and O–H groups in total. The number of nitrogens with zero attached hydrogens (tertiary/aromatic N) is 1. The van der Waals surface area contributed by atoms with Gasteiger partial charge in [-0.2, -0.15) is 0 Å². The number of hydrogen-bond donors (Lipinski definition) is 2. The Bertz CT molecular complexity index is 406. The van der Waals surface area contributed by atoms with Crippen LogP contribution in [0.1, 0.15) is 17.3 Å². The van der Waals surface area contributed by atoms with Gasteiger partial charge in [0.25, 0.3) is 0 Å². The van der Waals surface area contributed by atoms with E-state index in [1.165, 1.54) is 18.5 Å². The zero-order chi connectivity index (χ0) is 12.1. The van der Waals surface area contributed by atoms with Crippen LogP contribution >= 0.6 is 0 Å². The smallest absolute Gasteiger partial charge is 0.339 e. The number of carboxylic acid groups (broad SMARTS) is 1. The second kappa shape index (κ2) is 5.11. The highest BCUT2D eigenvalue weighted by molar-refractivity contribution is 5.90. The van der Waals surface area contributed by atoms with Gasteiger partial charge in [-0.25, -0.2) is 4.79 Å². The molecule has 0 aliphatic carbocycles. The summed E-state index contributed by atoms with van der Waals surface area (Å²) < 4.78 is 5.18. The molecule has 1 rings (SSSR count). The molecule has 0 saturated carbocycles. The van der Waals surface area contributed by atoms with E-state index < -0.39 is 17.8 Å². The minimum Gasteiger partial charge on any atom is -0.490 e. The molecule has 0 spiro atoms. The molecule has 0 radical (unpaired) electrons. The SMILES string of the molecule is CC(COc1cnccc1C(=O)O)C(N)=O. The van der Waals surface area contributed by atoms with Gasteiger partial charge in [0.15, 0.2) is 5.75 Å². The molecule has 6 heteroatoms. The largest absolute Gasteiger partial charge is 0.490 e. The Morgan fingerprint density at radius 1 is 1.62 bits per heavy atom.